The van der Waals surface area contributed by atoms with Gasteiger partial charge in [-0.05, 0) is 128 Å². The molecule has 0 aliphatic heterocycles. The second kappa shape index (κ2) is 13.2. The van der Waals surface area contributed by atoms with Crippen molar-refractivity contribution in [2.75, 3.05) is 0 Å². The molecule has 6 aromatic carbocycles. The smallest absolute Gasteiger partial charge is 0.193 e. The maximum absolute atomic E-state index is 13.1. The molecule has 0 heterocycles. The van der Waals surface area contributed by atoms with Crippen molar-refractivity contribution in [3.05, 3.63) is 174 Å². The highest BCUT2D eigenvalue weighted by molar-refractivity contribution is 6.09. The molecular weight excluding hydrogens is 556 g/mol. The van der Waals surface area contributed by atoms with E-state index in [0.29, 0.717) is 34.1 Å². The Kier molecular flexibility index (Phi) is 8.56. The minimum Gasteiger partial charge on any atom is -0.457 e. The summed E-state index contributed by atoms with van der Waals surface area (Å²) >= 11 is 0. The molecule has 6 rings (SSSR count). The summed E-state index contributed by atoms with van der Waals surface area (Å²) in [6, 6.07) is 46.0. The summed E-state index contributed by atoms with van der Waals surface area (Å²) < 4.78 is 17.9. The van der Waals surface area contributed by atoms with Gasteiger partial charge in [0.25, 0.3) is 0 Å². The van der Waals surface area contributed by atoms with E-state index >= 15 is 0 Å². The van der Waals surface area contributed by atoms with Crippen molar-refractivity contribution in [3.8, 4) is 45.6 Å². The first kappa shape index (κ1) is 29.2. The molecule has 220 valence electrons. The summed E-state index contributed by atoms with van der Waals surface area (Å²) in [4.78, 5) is 13.1. The monoisotopic (exact) mass is 588 g/mol. The van der Waals surface area contributed by atoms with Gasteiger partial charge in [0.1, 0.15) is 34.5 Å². The molecule has 0 atom stereocenters. The molecule has 0 unspecified atom stereocenters. The molecule has 0 saturated carbocycles. The Hall–Kier alpha value is -5.87. The number of benzene rings is 6. The number of carbonyl (C=O) groups is 1. The van der Waals surface area contributed by atoms with Crippen LogP contribution in [0.3, 0.4) is 0 Å². The fourth-order valence-electron chi connectivity index (χ4n) is 4.77. The van der Waals surface area contributed by atoms with Crippen LogP contribution in [0.25, 0.3) is 16.7 Å². The van der Waals surface area contributed by atoms with Crippen molar-refractivity contribution in [1.29, 1.82) is 0 Å². The lowest BCUT2D eigenvalue weighted by molar-refractivity contribution is 0.103. The highest BCUT2D eigenvalue weighted by Crippen LogP contribution is 2.30. The Bertz CT molecular complexity index is 1900. The van der Waals surface area contributed by atoms with Crippen molar-refractivity contribution in [2.24, 2.45) is 0 Å². The standard InChI is InChI=1S/C41H32O4/c1-28(2)30-8-16-35(17-9-30)43-37-20-12-33(13-21-37)41(42)34-14-22-38(23-15-34)45-40-26-24-39(25-27-40)44-36-18-10-32(11-19-36)31-6-4-29(3)5-7-31/h4-27H,1H2,2-3H3. The van der Waals surface area contributed by atoms with Gasteiger partial charge in [0, 0.05) is 11.1 Å². The van der Waals surface area contributed by atoms with Crippen molar-refractivity contribution >= 4 is 11.4 Å². The largest absolute Gasteiger partial charge is 0.457 e. The number of ketones is 1. The predicted octanol–water partition coefficient (Wildman–Crippen LogP) is 11.3. The van der Waals surface area contributed by atoms with Crippen LogP contribution in [0.1, 0.15) is 34.0 Å². The Labute approximate surface area is 263 Å². The molecule has 0 amide bonds. The summed E-state index contributed by atoms with van der Waals surface area (Å²) in [5.74, 6) is 4.08. The fourth-order valence-corrected chi connectivity index (χ4v) is 4.77. The second-order valence-corrected chi connectivity index (χ2v) is 10.9. The minimum atomic E-state index is -0.0766. The molecule has 0 aliphatic carbocycles. The maximum Gasteiger partial charge on any atom is 0.193 e. The van der Waals surface area contributed by atoms with E-state index in [4.69, 9.17) is 14.2 Å². The molecule has 0 aliphatic rings. The molecule has 0 aromatic heterocycles. The number of allylic oxidation sites excluding steroid dienone is 1. The lowest BCUT2D eigenvalue weighted by atomic mass is 10.0. The highest BCUT2D eigenvalue weighted by atomic mass is 16.5. The van der Waals surface area contributed by atoms with Gasteiger partial charge in [-0.25, -0.2) is 0 Å². The third-order valence-corrected chi connectivity index (χ3v) is 7.35. The van der Waals surface area contributed by atoms with Gasteiger partial charge in [0.15, 0.2) is 5.78 Å². The van der Waals surface area contributed by atoms with Gasteiger partial charge < -0.3 is 14.2 Å². The number of hydrogen-bond donors (Lipinski definition) is 0. The second-order valence-electron chi connectivity index (χ2n) is 10.9. The molecule has 6 aromatic rings. The Morgan fingerprint density at radius 2 is 0.689 bits per heavy atom. The van der Waals surface area contributed by atoms with Crippen LogP contribution < -0.4 is 14.2 Å². The lowest BCUT2D eigenvalue weighted by Gasteiger charge is -2.10. The Balaban J connectivity index is 1.02. The number of aryl methyl sites for hydroxylation is 1. The van der Waals surface area contributed by atoms with Crippen LogP contribution in [0.15, 0.2) is 152 Å². The van der Waals surface area contributed by atoms with Crippen LogP contribution in [0.2, 0.25) is 0 Å². The topological polar surface area (TPSA) is 44.8 Å². The van der Waals surface area contributed by atoms with E-state index in [9.17, 15) is 4.79 Å². The Morgan fingerprint density at radius 3 is 1.02 bits per heavy atom. The van der Waals surface area contributed by atoms with Crippen molar-refractivity contribution in [3.63, 3.8) is 0 Å². The van der Waals surface area contributed by atoms with Gasteiger partial charge in [-0.2, -0.15) is 0 Å². The molecule has 4 heteroatoms. The highest BCUT2D eigenvalue weighted by Gasteiger charge is 2.10. The van der Waals surface area contributed by atoms with Gasteiger partial charge in [0.05, 0.1) is 0 Å². The van der Waals surface area contributed by atoms with Crippen LogP contribution in [0.5, 0.6) is 34.5 Å². The first-order chi connectivity index (χ1) is 21.9. The van der Waals surface area contributed by atoms with E-state index < -0.39 is 0 Å². The molecular formula is C41H32O4. The maximum atomic E-state index is 13.1. The molecule has 0 fully saturated rings. The van der Waals surface area contributed by atoms with Gasteiger partial charge in [-0.15, -0.1) is 0 Å². The van der Waals surface area contributed by atoms with Crippen LogP contribution in [0, 0.1) is 6.92 Å². The molecule has 45 heavy (non-hydrogen) atoms. The summed E-state index contributed by atoms with van der Waals surface area (Å²) in [5.41, 5.74) is 6.78. The average molecular weight is 589 g/mol. The summed E-state index contributed by atoms with van der Waals surface area (Å²) in [7, 11) is 0. The average Bonchev–Trinajstić information content (AvgIpc) is 3.07. The number of hydrogen-bond acceptors (Lipinski definition) is 4. The van der Waals surface area contributed by atoms with E-state index in [1.807, 2.05) is 67.6 Å². The summed E-state index contributed by atoms with van der Waals surface area (Å²) in [5, 5.41) is 0. The molecule has 4 nitrogen and oxygen atoms in total. The van der Waals surface area contributed by atoms with Crippen molar-refractivity contribution in [2.45, 2.75) is 13.8 Å². The van der Waals surface area contributed by atoms with E-state index in [1.54, 1.807) is 48.5 Å². The SMILES string of the molecule is C=C(C)c1ccc(Oc2ccc(C(=O)c3ccc(Oc4ccc(Oc5ccc(-c6ccc(C)cc6)cc5)cc4)cc3)cc2)cc1. The number of carbonyl (C=O) groups excluding carboxylic acids is 1. The minimum absolute atomic E-state index is 0.0766. The van der Waals surface area contributed by atoms with E-state index in [0.717, 1.165) is 28.2 Å². The quantitative estimate of drug-likeness (QED) is 0.149. The normalized spacial score (nSPS) is 10.6. The molecule has 0 radical (unpaired) electrons. The zero-order chi connectivity index (χ0) is 31.2. The number of ether oxygens (including phenoxy) is 3. The summed E-state index contributed by atoms with van der Waals surface area (Å²) in [6.45, 7) is 8.01. The third kappa shape index (κ3) is 7.38. The first-order valence-electron chi connectivity index (χ1n) is 14.7. The van der Waals surface area contributed by atoms with Crippen LogP contribution in [0.4, 0.5) is 0 Å². The van der Waals surface area contributed by atoms with Gasteiger partial charge in [-0.1, -0.05) is 66.2 Å². The first-order valence-corrected chi connectivity index (χ1v) is 14.7. The van der Waals surface area contributed by atoms with Gasteiger partial charge in [0.2, 0.25) is 0 Å². The fraction of sp³-hybridized carbons (Fsp3) is 0.0488. The number of rotatable bonds is 10. The van der Waals surface area contributed by atoms with Crippen molar-refractivity contribution in [1.82, 2.24) is 0 Å². The predicted molar refractivity (Wildman–Crippen MR) is 181 cm³/mol. The molecule has 0 N–H and O–H groups in total. The van der Waals surface area contributed by atoms with E-state index in [2.05, 4.69) is 49.9 Å². The lowest BCUT2D eigenvalue weighted by Crippen LogP contribution is -2.01. The molecule has 0 saturated heterocycles. The molecule has 0 spiro atoms. The molecule has 0 bridgehead atoms. The van der Waals surface area contributed by atoms with Gasteiger partial charge in [-0.3, -0.25) is 4.79 Å². The van der Waals surface area contributed by atoms with Crippen LogP contribution in [-0.2, 0) is 0 Å². The zero-order valence-corrected chi connectivity index (χ0v) is 25.2. The van der Waals surface area contributed by atoms with Crippen LogP contribution in [-0.4, -0.2) is 5.78 Å². The van der Waals surface area contributed by atoms with Crippen molar-refractivity contribution < 1.29 is 19.0 Å². The van der Waals surface area contributed by atoms with E-state index in [-0.39, 0.29) is 5.78 Å². The van der Waals surface area contributed by atoms with Crippen LogP contribution >= 0.6 is 0 Å². The third-order valence-electron chi connectivity index (χ3n) is 7.35. The van der Waals surface area contributed by atoms with Gasteiger partial charge >= 0.3 is 0 Å². The van der Waals surface area contributed by atoms with E-state index in [1.165, 1.54) is 11.1 Å². The summed E-state index contributed by atoms with van der Waals surface area (Å²) in [6.07, 6.45) is 0. The zero-order valence-electron chi connectivity index (χ0n) is 25.2. The Morgan fingerprint density at radius 1 is 0.422 bits per heavy atom.